The molecule has 0 spiro atoms. The van der Waals surface area contributed by atoms with Gasteiger partial charge in [-0.25, -0.2) is 15.8 Å². The van der Waals surface area contributed by atoms with Gasteiger partial charge in [-0.05, 0) is 39.3 Å². The Morgan fingerprint density at radius 3 is 2.65 bits per heavy atom. The fourth-order valence-corrected chi connectivity index (χ4v) is 3.22. The number of nitrogens with one attached hydrogen (secondary N) is 3. The number of esters is 1. The number of para-hydroxylation sites is 1. The number of allylic oxidation sites excluding steroid dienone is 3. The molecule has 0 aliphatic carbocycles. The zero-order valence-electron chi connectivity index (χ0n) is 14.9. The predicted octanol–water partition coefficient (Wildman–Crippen LogP) is 2.79. The standard InChI is InChI=1S/C17H20N4O5/c1-8(2)25-17(22)13-9(3)18-10(4)16(21(23)24)14(13)11-6-5-7-12-15(11)20-26-19-12/h5-8,14,18-20H,1-4H3. The van der Waals surface area contributed by atoms with Crippen molar-refractivity contribution in [3.8, 4) is 0 Å². The van der Waals surface area contributed by atoms with E-state index in [4.69, 9.17) is 9.68 Å². The highest BCUT2D eigenvalue weighted by atomic mass is 16.8. The van der Waals surface area contributed by atoms with E-state index in [0.717, 1.165) is 0 Å². The van der Waals surface area contributed by atoms with Crippen molar-refractivity contribution >= 4 is 17.3 Å². The highest BCUT2D eigenvalue weighted by Crippen LogP contribution is 2.44. The van der Waals surface area contributed by atoms with Gasteiger partial charge in [0.1, 0.15) is 5.92 Å². The first-order valence-corrected chi connectivity index (χ1v) is 8.16. The van der Waals surface area contributed by atoms with Gasteiger partial charge in [-0.3, -0.25) is 10.1 Å². The van der Waals surface area contributed by atoms with E-state index in [9.17, 15) is 14.9 Å². The summed E-state index contributed by atoms with van der Waals surface area (Å²) in [7, 11) is 0. The van der Waals surface area contributed by atoms with Gasteiger partial charge in [-0.2, -0.15) is 4.94 Å². The summed E-state index contributed by atoms with van der Waals surface area (Å²) in [4.78, 5) is 29.1. The minimum atomic E-state index is -0.900. The Kier molecular flexibility index (Phi) is 4.56. The maximum atomic E-state index is 12.7. The molecule has 0 saturated heterocycles. The molecule has 9 heteroatoms. The Morgan fingerprint density at radius 2 is 2.00 bits per heavy atom. The number of hydrogen-bond donors (Lipinski definition) is 3. The number of dihydropyridines is 1. The fraction of sp³-hybridized carbons (Fsp3) is 0.353. The Labute approximate surface area is 150 Å². The molecule has 1 aromatic rings. The summed E-state index contributed by atoms with van der Waals surface area (Å²) < 4.78 is 5.35. The zero-order chi connectivity index (χ0) is 19.0. The lowest BCUT2D eigenvalue weighted by atomic mass is 9.83. The lowest BCUT2D eigenvalue weighted by Gasteiger charge is -2.27. The van der Waals surface area contributed by atoms with Gasteiger partial charge in [0, 0.05) is 5.70 Å². The van der Waals surface area contributed by atoms with Crippen LogP contribution >= 0.6 is 0 Å². The Morgan fingerprint density at radius 1 is 1.27 bits per heavy atom. The van der Waals surface area contributed by atoms with Gasteiger partial charge in [-0.1, -0.05) is 12.1 Å². The molecule has 1 unspecified atom stereocenters. The molecule has 2 aliphatic heterocycles. The number of carbonyl (C=O) groups excluding carboxylic acids is 1. The molecule has 0 amide bonds. The van der Waals surface area contributed by atoms with Crippen LogP contribution in [0.2, 0.25) is 0 Å². The number of anilines is 2. The van der Waals surface area contributed by atoms with Crippen LogP contribution < -0.4 is 16.3 Å². The lowest BCUT2D eigenvalue weighted by Crippen LogP contribution is -2.32. The second kappa shape index (κ2) is 6.68. The van der Waals surface area contributed by atoms with Crippen LogP contribution in [0.5, 0.6) is 0 Å². The first-order valence-electron chi connectivity index (χ1n) is 8.16. The molecular weight excluding hydrogens is 340 g/mol. The number of carbonyl (C=O) groups is 1. The molecule has 3 rings (SSSR count). The normalized spacial score (nSPS) is 18.9. The maximum absolute atomic E-state index is 12.7. The monoisotopic (exact) mass is 360 g/mol. The van der Waals surface area contributed by atoms with Crippen molar-refractivity contribution in [3.05, 3.63) is 56.5 Å². The maximum Gasteiger partial charge on any atom is 0.337 e. The van der Waals surface area contributed by atoms with E-state index in [1.54, 1.807) is 45.9 Å². The van der Waals surface area contributed by atoms with E-state index in [2.05, 4.69) is 16.3 Å². The van der Waals surface area contributed by atoms with E-state index in [1.807, 2.05) is 0 Å². The summed E-state index contributed by atoms with van der Waals surface area (Å²) in [6, 6.07) is 5.24. The van der Waals surface area contributed by atoms with E-state index < -0.39 is 16.8 Å². The van der Waals surface area contributed by atoms with Gasteiger partial charge >= 0.3 is 5.97 Å². The van der Waals surface area contributed by atoms with Gasteiger partial charge in [-0.15, -0.1) is 0 Å². The fourth-order valence-electron chi connectivity index (χ4n) is 3.22. The van der Waals surface area contributed by atoms with Crippen molar-refractivity contribution in [1.29, 1.82) is 0 Å². The number of fused-ring (bicyclic) bond motifs is 1. The van der Waals surface area contributed by atoms with E-state index >= 15 is 0 Å². The average molecular weight is 360 g/mol. The SMILES string of the molecule is CC1=C(C(=O)OC(C)C)C(c2cccc3c2NON3)C([N+](=O)[O-])=C(C)N1. The summed E-state index contributed by atoms with van der Waals surface area (Å²) in [6.45, 7) is 6.78. The smallest absolute Gasteiger partial charge is 0.337 e. The molecule has 0 fully saturated rings. The van der Waals surface area contributed by atoms with Crippen LogP contribution in [0, 0.1) is 10.1 Å². The molecule has 0 bridgehead atoms. The van der Waals surface area contributed by atoms with Crippen molar-refractivity contribution in [2.24, 2.45) is 0 Å². The number of ether oxygens (including phenoxy) is 1. The topological polar surface area (TPSA) is 115 Å². The first-order chi connectivity index (χ1) is 12.3. The molecule has 2 heterocycles. The molecule has 2 aliphatic rings. The highest BCUT2D eigenvalue weighted by molar-refractivity contribution is 5.93. The van der Waals surface area contributed by atoms with Gasteiger partial charge < -0.3 is 10.1 Å². The molecular formula is C17H20N4O5. The third kappa shape index (κ3) is 2.97. The number of hydrogen-bond acceptors (Lipinski definition) is 8. The highest BCUT2D eigenvalue weighted by Gasteiger charge is 2.43. The lowest BCUT2D eigenvalue weighted by molar-refractivity contribution is -0.431. The second-order valence-electron chi connectivity index (χ2n) is 6.39. The Balaban J connectivity index is 2.20. The van der Waals surface area contributed by atoms with Gasteiger partial charge in [0.15, 0.2) is 0 Å². The number of benzene rings is 1. The summed E-state index contributed by atoms with van der Waals surface area (Å²) in [5.74, 6) is -1.49. The van der Waals surface area contributed by atoms with Gasteiger partial charge in [0.2, 0.25) is 0 Å². The van der Waals surface area contributed by atoms with Crippen LogP contribution in [0.15, 0.2) is 40.9 Å². The number of rotatable bonds is 4. The Bertz CT molecular complexity index is 844. The van der Waals surface area contributed by atoms with Crippen molar-refractivity contribution in [2.75, 3.05) is 11.0 Å². The summed E-state index contributed by atoms with van der Waals surface area (Å²) >= 11 is 0. The average Bonchev–Trinajstić information content (AvgIpc) is 3.01. The minimum Gasteiger partial charge on any atom is -0.460 e. The summed E-state index contributed by atoms with van der Waals surface area (Å²) in [5.41, 5.74) is 8.12. The number of nitro groups is 1. The molecule has 9 nitrogen and oxygen atoms in total. The molecule has 1 aromatic carbocycles. The minimum absolute atomic E-state index is 0.103. The quantitative estimate of drug-likeness (QED) is 0.427. The van der Waals surface area contributed by atoms with Crippen molar-refractivity contribution in [3.63, 3.8) is 0 Å². The Hall–Kier alpha value is -3.07. The predicted molar refractivity (Wildman–Crippen MR) is 94.3 cm³/mol. The van der Waals surface area contributed by atoms with E-state index in [1.165, 1.54) is 0 Å². The second-order valence-corrected chi connectivity index (χ2v) is 6.39. The zero-order valence-corrected chi connectivity index (χ0v) is 14.9. The molecule has 26 heavy (non-hydrogen) atoms. The molecule has 0 radical (unpaired) electrons. The third-order valence-corrected chi connectivity index (χ3v) is 4.21. The molecule has 138 valence electrons. The molecule has 1 atom stereocenters. The van der Waals surface area contributed by atoms with Crippen LogP contribution in [-0.4, -0.2) is 17.0 Å². The third-order valence-electron chi connectivity index (χ3n) is 4.21. The van der Waals surface area contributed by atoms with Crippen LogP contribution in [-0.2, 0) is 14.5 Å². The first kappa shape index (κ1) is 17.7. The van der Waals surface area contributed by atoms with Gasteiger partial charge in [0.25, 0.3) is 5.70 Å². The molecule has 0 aromatic heterocycles. The number of nitrogens with zero attached hydrogens (tertiary/aromatic N) is 1. The summed E-state index contributed by atoms with van der Waals surface area (Å²) in [5, 5.41) is 14.7. The van der Waals surface area contributed by atoms with Crippen LogP contribution in [0.1, 0.15) is 39.2 Å². The van der Waals surface area contributed by atoms with Crippen LogP contribution in [0.25, 0.3) is 0 Å². The molecule has 0 saturated carbocycles. The van der Waals surface area contributed by atoms with Crippen molar-refractivity contribution in [2.45, 2.75) is 39.7 Å². The largest absolute Gasteiger partial charge is 0.460 e. The molecule has 3 N–H and O–H groups in total. The van der Waals surface area contributed by atoms with E-state index in [-0.39, 0.29) is 17.4 Å². The summed E-state index contributed by atoms with van der Waals surface area (Å²) in [6.07, 6.45) is -0.348. The van der Waals surface area contributed by atoms with Crippen molar-refractivity contribution < 1.29 is 19.4 Å². The van der Waals surface area contributed by atoms with Crippen LogP contribution in [0.4, 0.5) is 11.4 Å². The van der Waals surface area contributed by atoms with Crippen LogP contribution in [0.3, 0.4) is 0 Å². The van der Waals surface area contributed by atoms with E-state index in [0.29, 0.717) is 28.3 Å². The van der Waals surface area contributed by atoms with Crippen molar-refractivity contribution in [1.82, 2.24) is 5.32 Å². The van der Waals surface area contributed by atoms with Gasteiger partial charge in [0.05, 0.1) is 33.7 Å².